The Morgan fingerprint density at radius 2 is 1.85 bits per heavy atom. The number of aliphatic imine (C=N–C) groups is 1. The maximum absolute atomic E-state index is 13.2. The van der Waals surface area contributed by atoms with Crippen LogP contribution in [0.3, 0.4) is 0 Å². The molecule has 2 saturated heterocycles. The van der Waals surface area contributed by atoms with Crippen LogP contribution in [0.4, 0.5) is 15.9 Å². The Labute approximate surface area is 213 Å². The van der Waals surface area contributed by atoms with Crippen LogP contribution >= 0.6 is 24.0 Å². The van der Waals surface area contributed by atoms with Crippen molar-refractivity contribution >= 4 is 41.4 Å². The molecule has 7 nitrogen and oxygen atoms in total. The summed E-state index contributed by atoms with van der Waals surface area (Å²) in [6.45, 7) is 11.6. The van der Waals surface area contributed by atoms with E-state index in [9.17, 15) is 4.39 Å². The van der Waals surface area contributed by atoms with Gasteiger partial charge in [0.05, 0.1) is 19.3 Å². The van der Waals surface area contributed by atoms with E-state index in [4.69, 9.17) is 9.73 Å². The molecule has 33 heavy (non-hydrogen) atoms. The van der Waals surface area contributed by atoms with Gasteiger partial charge < -0.3 is 24.8 Å². The smallest absolute Gasteiger partial charge is 0.194 e. The molecule has 1 unspecified atom stereocenters. The summed E-state index contributed by atoms with van der Waals surface area (Å²) in [4.78, 5) is 16.4. The first-order valence-corrected chi connectivity index (χ1v) is 11.5. The summed E-state index contributed by atoms with van der Waals surface area (Å²) in [5, 5.41) is 3.42. The first kappa shape index (κ1) is 25.5. The molecule has 0 saturated carbocycles. The number of pyridine rings is 1. The molecule has 0 bridgehead atoms. The highest BCUT2D eigenvalue weighted by molar-refractivity contribution is 14.0. The molecule has 1 N–H and O–H groups in total. The maximum atomic E-state index is 13.2. The molecule has 1 atom stereocenters. The third-order valence-corrected chi connectivity index (χ3v) is 5.89. The lowest BCUT2D eigenvalue weighted by molar-refractivity contribution is 0.0529. The van der Waals surface area contributed by atoms with Gasteiger partial charge in [0.15, 0.2) is 5.96 Å². The van der Waals surface area contributed by atoms with Crippen LogP contribution in [0.1, 0.15) is 19.4 Å². The molecule has 3 heterocycles. The quantitative estimate of drug-likeness (QED) is 0.340. The van der Waals surface area contributed by atoms with E-state index in [1.54, 1.807) is 0 Å². The van der Waals surface area contributed by atoms with Crippen LogP contribution in [0.2, 0.25) is 0 Å². The Balaban J connectivity index is 0.00000306. The average molecular weight is 568 g/mol. The average Bonchev–Trinajstić information content (AvgIpc) is 2.83. The molecule has 0 radical (unpaired) electrons. The minimum absolute atomic E-state index is 0. The summed E-state index contributed by atoms with van der Waals surface area (Å²) < 4.78 is 18.8. The van der Waals surface area contributed by atoms with Crippen molar-refractivity contribution in [1.29, 1.82) is 0 Å². The summed E-state index contributed by atoms with van der Waals surface area (Å²) in [6, 6.07) is 10.9. The van der Waals surface area contributed by atoms with Crippen LogP contribution < -0.4 is 15.1 Å². The highest BCUT2D eigenvalue weighted by Crippen LogP contribution is 2.18. The molecule has 0 amide bonds. The summed E-state index contributed by atoms with van der Waals surface area (Å²) >= 11 is 0. The minimum Gasteiger partial charge on any atom is -0.375 e. The van der Waals surface area contributed by atoms with Gasteiger partial charge in [0.1, 0.15) is 11.6 Å². The van der Waals surface area contributed by atoms with Gasteiger partial charge in [-0.3, -0.25) is 0 Å². The van der Waals surface area contributed by atoms with Crippen molar-refractivity contribution < 1.29 is 9.13 Å². The number of morpholine rings is 1. The van der Waals surface area contributed by atoms with Crippen LogP contribution in [-0.2, 0) is 11.3 Å². The SMILES string of the molecule is CCNC(=NCc1ccc(N2CCOC(C)C2)nc1)N1CCN(c2ccc(F)cc2)CC1.I. The second-order valence-electron chi connectivity index (χ2n) is 8.27. The molecule has 1 aromatic carbocycles. The third kappa shape index (κ3) is 6.92. The number of anilines is 2. The second-order valence-corrected chi connectivity index (χ2v) is 8.27. The zero-order valence-corrected chi connectivity index (χ0v) is 21.7. The van der Waals surface area contributed by atoms with Gasteiger partial charge in [-0.05, 0) is 49.7 Å². The largest absolute Gasteiger partial charge is 0.375 e. The lowest BCUT2D eigenvalue weighted by Crippen LogP contribution is -2.52. The lowest BCUT2D eigenvalue weighted by Gasteiger charge is -2.37. The topological polar surface area (TPSA) is 56.2 Å². The molecular formula is C24H34FIN6O. The number of rotatable bonds is 5. The number of ether oxygens (including phenoxy) is 1. The molecule has 2 aromatic rings. The molecular weight excluding hydrogens is 534 g/mol. The van der Waals surface area contributed by atoms with E-state index in [0.29, 0.717) is 6.54 Å². The van der Waals surface area contributed by atoms with E-state index < -0.39 is 0 Å². The monoisotopic (exact) mass is 568 g/mol. The first-order chi connectivity index (χ1) is 15.6. The van der Waals surface area contributed by atoms with Gasteiger partial charge in [0.2, 0.25) is 0 Å². The summed E-state index contributed by atoms with van der Waals surface area (Å²) in [5.74, 6) is 1.73. The Morgan fingerprint density at radius 1 is 1.09 bits per heavy atom. The van der Waals surface area contributed by atoms with E-state index in [2.05, 4.69) is 51.0 Å². The van der Waals surface area contributed by atoms with Crippen LogP contribution in [0.15, 0.2) is 47.6 Å². The lowest BCUT2D eigenvalue weighted by atomic mass is 10.2. The number of hydrogen-bond donors (Lipinski definition) is 1. The second kappa shape index (κ2) is 12.4. The molecule has 2 fully saturated rings. The van der Waals surface area contributed by atoms with E-state index >= 15 is 0 Å². The maximum Gasteiger partial charge on any atom is 0.194 e. The van der Waals surface area contributed by atoms with Crippen molar-refractivity contribution in [2.75, 3.05) is 62.2 Å². The fourth-order valence-electron chi connectivity index (χ4n) is 4.14. The number of guanidine groups is 1. The number of piperazine rings is 1. The Kier molecular flexibility index (Phi) is 9.54. The van der Waals surface area contributed by atoms with Gasteiger partial charge in [-0.1, -0.05) is 6.07 Å². The molecule has 1 aromatic heterocycles. The number of benzene rings is 1. The Bertz CT molecular complexity index is 887. The third-order valence-electron chi connectivity index (χ3n) is 5.89. The molecule has 2 aliphatic rings. The van der Waals surface area contributed by atoms with Crippen molar-refractivity contribution in [2.24, 2.45) is 4.99 Å². The van der Waals surface area contributed by atoms with Gasteiger partial charge >= 0.3 is 0 Å². The predicted octanol–water partition coefficient (Wildman–Crippen LogP) is 3.35. The number of halogens is 2. The predicted molar refractivity (Wildman–Crippen MR) is 142 cm³/mol. The van der Waals surface area contributed by atoms with Gasteiger partial charge in [-0.15, -0.1) is 24.0 Å². The van der Waals surface area contributed by atoms with Crippen molar-refractivity contribution in [3.8, 4) is 0 Å². The van der Waals surface area contributed by atoms with Crippen molar-refractivity contribution in [2.45, 2.75) is 26.5 Å². The number of nitrogens with zero attached hydrogens (tertiary/aromatic N) is 5. The van der Waals surface area contributed by atoms with E-state index in [1.165, 1.54) is 12.1 Å². The van der Waals surface area contributed by atoms with E-state index in [0.717, 1.165) is 75.4 Å². The fourth-order valence-corrected chi connectivity index (χ4v) is 4.14. The van der Waals surface area contributed by atoms with Gasteiger partial charge in [0.25, 0.3) is 0 Å². The van der Waals surface area contributed by atoms with E-state index in [-0.39, 0.29) is 35.9 Å². The summed E-state index contributed by atoms with van der Waals surface area (Å²) in [5.41, 5.74) is 2.16. The van der Waals surface area contributed by atoms with Gasteiger partial charge in [-0.2, -0.15) is 0 Å². The van der Waals surface area contributed by atoms with Gasteiger partial charge in [-0.25, -0.2) is 14.4 Å². The molecule has 180 valence electrons. The zero-order valence-electron chi connectivity index (χ0n) is 19.4. The van der Waals surface area contributed by atoms with Crippen LogP contribution in [0.25, 0.3) is 0 Å². The first-order valence-electron chi connectivity index (χ1n) is 11.5. The highest BCUT2D eigenvalue weighted by Gasteiger charge is 2.20. The molecule has 9 heteroatoms. The zero-order chi connectivity index (χ0) is 22.3. The van der Waals surface area contributed by atoms with Crippen LogP contribution in [0, 0.1) is 5.82 Å². The summed E-state index contributed by atoms with van der Waals surface area (Å²) in [6.07, 6.45) is 2.16. The standard InChI is InChI=1S/C24H33FN6O.HI/c1-3-26-24(30-12-10-29(11-13-30)22-7-5-21(25)6-8-22)28-17-20-4-9-23(27-16-20)31-14-15-32-19(2)18-31;/h4-9,16,19H,3,10-15,17-18H2,1-2H3,(H,26,28);1H. The fraction of sp³-hybridized carbons (Fsp3) is 0.500. The van der Waals surface area contributed by atoms with Crippen LogP contribution in [-0.4, -0.2) is 74.4 Å². The number of hydrogen-bond acceptors (Lipinski definition) is 5. The van der Waals surface area contributed by atoms with E-state index in [1.807, 2.05) is 18.3 Å². The van der Waals surface area contributed by atoms with Crippen LogP contribution in [0.5, 0.6) is 0 Å². The highest BCUT2D eigenvalue weighted by atomic mass is 127. The van der Waals surface area contributed by atoms with Crippen molar-refractivity contribution in [1.82, 2.24) is 15.2 Å². The van der Waals surface area contributed by atoms with Crippen molar-refractivity contribution in [3.05, 3.63) is 54.0 Å². The molecule has 4 rings (SSSR count). The molecule has 2 aliphatic heterocycles. The normalized spacial score (nSPS) is 19.3. The molecule has 0 aliphatic carbocycles. The Hall–Kier alpha value is -2.14. The van der Waals surface area contributed by atoms with Crippen molar-refractivity contribution in [3.63, 3.8) is 0 Å². The van der Waals surface area contributed by atoms with Gasteiger partial charge in [0, 0.05) is 57.7 Å². The Morgan fingerprint density at radius 3 is 2.48 bits per heavy atom. The summed E-state index contributed by atoms with van der Waals surface area (Å²) in [7, 11) is 0. The molecule has 0 spiro atoms. The number of nitrogens with one attached hydrogen (secondary N) is 1. The number of aromatic nitrogens is 1. The minimum atomic E-state index is -0.198.